The Kier molecular flexibility index (Phi) is 4.94. The van der Waals surface area contributed by atoms with Crippen LogP contribution < -0.4 is 5.32 Å². The van der Waals surface area contributed by atoms with Crippen molar-refractivity contribution in [2.75, 3.05) is 20.3 Å². The van der Waals surface area contributed by atoms with Gasteiger partial charge in [0.05, 0.1) is 24.5 Å². The molecule has 0 amide bonds. The first kappa shape index (κ1) is 12.5. The van der Waals surface area contributed by atoms with Crippen LogP contribution in [-0.2, 0) is 11.3 Å². The molecular formula is C12H22N4O. The van der Waals surface area contributed by atoms with Crippen LogP contribution in [-0.4, -0.2) is 35.3 Å². The maximum absolute atomic E-state index is 4.98. The van der Waals surface area contributed by atoms with E-state index < -0.39 is 0 Å². The van der Waals surface area contributed by atoms with Crippen LogP contribution in [0, 0.1) is 0 Å². The van der Waals surface area contributed by atoms with Crippen LogP contribution in [0.5, 0.6) is 0 Å². The molecule has 1 saturated carbocycles. The van der Waals surface area contributed by atoms with Crippen molar-refractivity contribution in [1.82, 2.24) is 20.3 Å². The van der Waals surface area contributed by atoms with Crippen LogP contribution in [0.4, 0.5) is 0 Å². The maximum atomic E-state index is 4.98. The van der Waals surface area contributed by atoms with Crippen LogP contribution in [0.3, 0.4) is 0 Å². The number of rotatable bonds is 6. The fourth-order valence-corrected chi connectivity index (χ4v) is 2.31. The zero-order chi connectivity index (χ0) is 11.9. The highest BCUT2D eigenvalue weighted by Gasteiger charge is 2.16. The molecule has 0 radical (unpaired) electrons. The summed E-state index contributed by atoms with van der Waals surface area (Å²) in [5.41, 5.74) is 1.02. The lowest BCUT2D eigenvalue weighted by Crippen LogP contribution is -2.18. The van der Waals surface area contributed by atoms with Gasteiger partial charge in [0, 0.05) is 20.2 Å². The van der Waals surface area contributed by atoms with Crippen molar-refractivity contribution in [2.24, 2.45) is 0 Å². The van der Waals surface area contributed by atoms with Gasteiger partial charge in [-0.25, -0.2) is 4.68 Å². The van der Waals surface area contributed by atoms with Crippen LogP contribution in [0.25, 0.3) is 0 Å². The van der Waals surface area contributed by atoms with Crippen molar-refractivity contribution in [3.8, 4) is 0 Å². The normalized spacial score (nSPS) is 17.5. The predicted molar refractivity (Wildman–Crippen MR) is 65.7 cm³/mol. The van der Waals surface area contributed by atoms with Crippen molar-refractivity contribution in [1.29, 1.82) is 0 Å². The van der Waals surface area contributed by atoms with Crippen LogP contribution >= 0.6 is 0 Å². The van der Waals surface area contributed by atoms with Gasteiger partial charge < -0.3 is 10.1 Å². The predicted octanol–water partition coefficient (Wildman–Crippen LogP) is 1.52. The number of aromatic nitrogens is 3. The maximum Gasteiger partial charge on any atom is 0.0964 e. The number of ether oxygens (including phenoxy) is 1. The average Bonchev–Trinajstić information content (AvgIpc) is 2.85. The molecule has 0 atom stereocenters. The fourth-order valence-electron chi connectivity index (χ4n) is 2.31. The Balaban J connectivity index is 1.78. The molecule has 1 aliphatic carbocycles. The quantitative estimate of drug-likeness (QED) is 0.763. The topological polar surface area (TPSA) is 52.0 Å². The van der Waals surface area contributed by atoms with E-state index in [0.717, 1.165) is 25.4 Å². The summed E-state index contributed by atoms with van der Waals surface area (Å²) in [7, 11) is 1.71. The van der Waals surface area contributed by atoms with Crippen molar-refractivity contribution >= 4 is 0 Å². The third-order valence-corrected chi connectivity index (χ3v) is 3.30. The van der Waals surface area contributed by atoms with E-state index in [1.54, 1.807) is 7.11 Å². The monoisotopic (exact) mass is 238 g/mol. The minimum atomic E-state index is 0.573. The van der Waals surface area contributed by atoms with E-state index in [-0.39, 0.29) is 0 Å². The molecule has 0 bridgehead atoms. The van der Waals surface area contributed by atoms with E-state index in [0.29, 0.717) is 6.04 Å². The lowest BCUT2D eigenvalue weighted by molar-refractivity contribution is 0.199. The minimum Gasteiger partial charge on any atom is -0.383 e. The highest BCUT2D eigenvalue weighted by molar-refractivity contribution is 4.93. The second-order valence-corrected chi connectivity index (χ2v) is 4.65. The molecule has 1 N–H and O–H groups in total. The smallest absolute Gasteiger partial charge is 0.0964 e. The molecule has 0 aliphatic heterocycles. The SMILES string of the molecule is COCCNCc1cn(C2CCCCC2)nn1. The van der Waals surface area contributed by atoms with E-state index >= 15 is 0 Å². The van der Waals surface area contributed by atoms with Crippen LogP contribution in [0.1, 0.15) is 43.8 Å². The fraction of sp³-hybridized carbons (Fsp3) is 0.833. The van der Waals surface area contributed by atoms with E-state index in [1.165, 1.54) is 32.1 Å². The van der Waals surface area contributed by atoms with Gasteiger partial charge in [0.15, 0.2) is 0 Å². The molecule has 0 aromatic carbocycles. The summed E-state index contributed by atoms with van der Waals surface area (Å²) in [5.74, 6) is 0. The number of methoxy groups -OCH3 is 1. The molecule has 1 aliphatic rings. The molecule has 5 heteroatoms. The van der Waals surface area contributed by atoms with Gasteiger partial charge in [-0.1, -0.05) is 24.5 Å². The molecule has 2 rings (SSSR count). The Morgan fingerprint density at radius 3 is 3.00 bits per heavy atom. The summed E-state index contributed by atoms with van der Waals surface area (Å²) >= 11 is 0. The summed E-state index contributed by atoms with van der Waals surface area (Å²) in [6.07, 6.45) is 8.60. The third kappa shape index (κ3) is 3.78. The third-order valence-electron chi connectivity index (χ3n) is 3.30. The second kappa shape index (κ2) is 6.71. The Hall–Kier alpha value is -0.940. The summed E-state index contributed by atoms with van der Waals surface area (Å²) in [4.78, 5) is 0. The first-order valence-electron chi connectivity index (χ1n) is 6.50. The molecule has 1 fully saturated rings. The molecule has 1 heterocycles. The Bertz CT molecular complexity index is 320. The molecule has 96 valence electrons. The number of nitrogens with zero attached hydrogens (tertiary/aromatic N) is 3. The van der Waals surface area contributed by atoms with Gasteiger partial charge in [-0.3, -0.25) is 0 Å². The molecule has 5 nitrogen and oxygen atoms in total. The van der Waals surface area contributed by atoms with Gasteiger partial charge in [-0.15, -0.1) is 5.10 Å². The van der Waals surface area contributed by atoms with Crippen molar-refractivity contribution in [2.45, 2.75) is 44.7 Å². The summed E-state index contributed by atoms with van der Waals surface area (Å²) in [6, 6.07) is 0.573. The standard InChI is InChI=1S/C12H22N4O/c1-17-8-7-13-9-11-10-16(15-14-11)12-5-3-2-4-6-12/h10,12-13H,2-9H2,1H3. The molecule has 1 aromatic heterocycles. The van der Waals surface area contributed by atoms with Gasteiger partial charge in [0.1, 0.15) is 0 Å². The van der Waals surface area contributed by atoms with E-state index in [9.17, 15) is 0 Å². The highest BCUT2D eigenvalue weighted by Crippen LogP contribution is 2.27. The molecule has 17 heavy (non-hydrogen) atoms. The van der Waals surface area contributed by atoms with E-state index in [1.807, 2.05) is 4.68 Å². The Morgan fingerprint density at radius 2 is 2.24 bits per heavy atom. The van der Waals surface area contributed by atoms with Crippen molar-refractivity contribution < 1.29 is 4.74 Å². The lowest BCUT2D eigenvalue weighted by atomic mass is 9.96. The van der Waals surface area contributed by atoms with Gasteiger partial charge >= 0.3 is 0 Å². The van der Waals surface area contributed by atoms with Gasteiger partial charge in [0.25, 0.3) is 0 Å². The second-order valence-electron chi connectivity index (χ2n) is 4.65. The number of nitrogens with one attached hydrogen (secondary N) is 1. The first-order valence-corrected chi connectivity index (χ1v) is 6.50. The van der Waals surface area contributed by atoms with Crippen molar-refractivity contribution in [3.05, 3.63) is 11.9 Å². The lowest BCUT2D eigenvalue weighted by Gasteiger charge is -2.20. The zero-order valence-electron chi connectivity index (χ0n) is 10.6. The molecule has 1 aromatic rings. The van der Waals surface area contributed by atoms with Gasteiger partial charge in [-0.05, 0) is 12.8 Å². The Labute approximate surface area is 103 Å². The van der Waals surface area contributed by atoms with Gasteiger partial charge in [0.2, 0.25) is 0 Å². The Morgan fingerprint density at radius 1 is 1.41 bits per heavy atom. The molecule has 0 spiro atoms. The molecular weight excluding hydrogens is 216 g/mol. The summed E-state index contributed by atoms with van der Waals surface area (Å²) in [6.45, 7) is 2.36. The van der Waals surface area contributed by atoms with Crippen molar-refractivity contribution in [3.63, 3.8) is 0 Å². The van der Waals surface area contributed by atoms with Crippen LogP contribution in [0.15, 0.2) is 6.20 Å². The highest BCUT2D eigenvalue weighted by atomic mass is 16.5. The van der Waals surface area contributed by atoms with Crippen LogP contribution in [0.2, 0.25) is 0 Å². The minimum absolute atomic E-state index is 0.573. The van der Waals surface area contributed by atoms with E-state index in [2.05, 4.69) is 21.8 Å². The molecule has 0 unspecified atom stereocenters. The largest absolute Gasteiger partial charge is 0.383 e. The molecule has 0 saturated heterocycles. The average molecular weight is 238 g/mol. The summed E-state index contributed by atoms with van der Waals surface area (Å²) in [5, 5.41) is 11.7. The number of hydrogen-bond acceptors (Lipinski definition) is 4. The zero-order valence-corrected chi connectivity index (χ0v) is 10.6. The van der Waals surface area contributed by atoms with E-state index in [4.69, 9.17) is 4.74 Å². The summed E-state index contributed by atoms with van der Waals surface area (Å²) < 4.78 is 7.02. The number of hydrogen-bond donors (Lipinski definition) is 1. The van der Waals surface area contributed by atoms with Gasteiger partial charge in [-0.2, -0.15) is 0 Å². The first-order chi connectivity index (χ1) is 8.40.